The van der Waals surface area contributed by atoms with Crippen molar-refractivity contribution in [2.24, 2.45) is 0 Å². The summed E-state index contributed by atoms with van der Waals surface area (Å²) in [6.07, 6.45) is 11.7. The van der Waals surface area contributed by atoms with Crippen molar-refractivity contribution < 1.29 is 4.42 Å². The largest absolute Gasteiger partial charge is 0.449 e. The zero-order chi connectivity index (χ0) is 21.5. The first-order valence-corrected chi connectivity index (χ1v) is 10.9. The maximum atomic E-state index is 6.28. The Morgan fingerprint density at radius 2 is 1.75 bits per heavy atom. The number of fused-ring (bicyclic) bond motifs is 2. The van der Waals surface area contributed by atoms with Gasteiger partial charge in [0.1, 0.15) is 5.69 Å². The molecule has 32 heavy (non-hydrogen) atoms. The Balaban J connectivity index is 1.43. The van der Waals surface area contributed by atoms with Gasteiger partial charge in [-0.1, -0.05) is 30.4 Å². The molecule has 2 aliphatic rings. The van der Waals surface area contributed by atoms with Gasteiger partial charge in [-0.15, -0.1) is 0 Å². The molecule has 4 aromatic rings. The number of rotatable bonds is 3. The lowest BCUT2D eigenvalue weighted by Crippen LogP contribution is -2.44. The van der Waals surface area contributed by atoms with E-state index in [1.165, 1.54) is 5.56 Å². The van der Waals surface area contributed by atoms with Gasteiger partial charge in [-0.05, 0) is 24.7 Å². The first-order chi connectivity index (χ1) is 15.8. The summed E-state index contributed by atoms with van der Waals surface area (Å²) in [6.45, 7) is 4.81. The van der Waals surface area contributed by atoms with Crippen LogP contribution in [0.25, 0.3) is 28.6 Å². The van der Waals surface area contributed by atoms with E-state index >= 15 is 0 Å². The van der Waals surface area contributed by atoms with Gasteiger partial charge in [0.15, 0.2) is 17.2 Å². The summed E-state index contributed by atoms with van der Waals surface area (Å²) in [5.74, 6) is 1.25. The predicted octanol–water partition coefficient (Wildman–Crippen LogP) is 4.20. The first kappa shape index (κ1) is 19.0. The maximum Gasteiger partial charge on any atom is 0.198 e. The number of pyridine rings is 1. The monoisotopic (exact) mass is 424 g/mol. The van der Waals surface area contributed by atoms with Gasteiger partial charge in [-0.25, -0.2) is 9.97 Å². The number of hydrogen-bond acceptors (Lipinski definition) is 7. The Labute approximate surface area is 186 Å². The van der Waals surface area contributed by atoms with Crippen molar-refractivity contribution in [2.45, 2.75) is 0 Å². The highest BCUT2D eigenvalue weighted by atomic mass is 16.3. The number of furan rings is 1. The summed E-state index contributed by atoms with van der Waals surface area (Å²) in [5.41, 5.74) is 5.08. The number of anilines is 3. The van der Waals surface area contributed by atoms with E-state index in [9.17, 15) is 0 Å². The topological polar surface area (TPSA) is 61.5 Å². The van der Waals surface area contributed by atoms with Crippen molar-refractivity contribution in [3.63, 3.8) is 0 Å². The molecule has 0 amide bonds. The Morgan fingerprint density at radius 3 is 2.59 bits per heavy atom. The number of hydrogen-bond donors (Lipinski definition) is 0. The van der Waals surface area contributed by atoms with Crippen LogP contribution in [0.1, 0.15) is 5.56 Å². The summed E-state index contributed by atoms with van der Waals surface area (Å²) >= 11 is 0. The quantitative estimate of drug-likeness (QED) is 0.488. The molecule has 0 atom stereocenters. The SMILES string of the molecule is CN1CCN(c2cnc(-c3oc4cnccc4c3N3CC=Cc4ccccc43)nc2)CC1. The van der Waals surface area contributed by atoms with Gasteiger partial charge in [0.2, 0.25) is 0 Å². The average molecular weight is 425 g/mol. The van der Waals surface area contributed by atoms with Gasteiger partial charge in [0.05, 0.1) is 24.3 Å². The number of benzene rings is 1. The van der Waals surface area contributed by atoms with Gasteiger partial charge < -0.3 is 19.1 Å². The molecule has 1 aromatic carbocycles. The van der Waals surface area contributed by atoms with Crippen LogP contribution in [0.2, 0.25) is 0 Å². The van der Waals surface area contributed by atoms with Gasteiger partial charge in [0.25, 0.3) is 0 Å². The van der Waals surface area contributed by atoms with E-state index < -0.39 is 0 Å². The highest BCUT2D eigenvalue weighted by molar-refractivity contribution is 6.01. The molecule has 0 unspecified atom stereocenters. The third-order valence-corrected chi connectivity index (χ3v) is 6.26. The first-order valence-electron chi connectivity index (χ1n) is 10.9. The van der Waals surface area contributed by atoms with E-state index in [1.54, 1.807) is 12.4 Å². The van der Waals surface area contributed by atoms with Crippen LogP contribution in [0.15, 0.2) is 65.6 Å². The molecule has 0 aliphatic carbocycles. The van der Waals surface area contributed by atoms with Crippen LogP contribution in [0.4, 0.5) is 17.1 Å². The Hall–Kier alpha value is -3.71. The molecular formula is C25H24N6O. The molecule has 5 heterocycles. The van der Waals surface area contributed by atoms with Gasteiger partial charge in [-0.2, -0.15) is 0 Å². The predicted molar refractivity (Wildman–Crippen MR) is 127 cm³/mol. The summed E-state index contributed by atoms with van der Waals surface area (Å²) < 4.78 is 6.28. The van der Waals surface area contributed by atoms with E-state index in [4.69, 9.17) is 14.4 Å². The number of para-hydroxylation sites is 1. The lowest BCUT2D eigenvalue weighted by molar-refractivity contribution is 0.312. The zero-order valence-corrected chi connectivity index (χ0v) is 18.0. The average Bonchev–Trinajstić information content (AvgIpc) is 3.24. The third-order valence-electron chi connectivity index (χ3n) is 6.26. The summed E-state index contributed by atoms with van der Waals surface area (Å²) in [7, 11) is 2.16. The van der Waals surface area contributed by atoms with Crippen molar-refractivity contribution in [1.82, 2.24) is 19.9 Å². The van der Waals surface area contributed by atoms with Crippen LogP contribution in [0.3, 0.4) is 0 Å². The molecular weight excluding hydrogens is 400 g/mol. The number of nitrogens with zero attached hydrogens (tertiary/aromatic N) is 6. The maximum absolute atomic E-state index is 6.28. The highest BCUT2D eigenvalue weighted by Crippen LogP contribution is 2.44. The molecule has 1 saturated heterocycles. The molecule has 7 nitrogen and oxygen atoms in total. The van der Waals surface area contributed by atoms with Crippen LogP contribution in [0.5, 0.6) is 0 Å². The molecule has 3 aromatic heterocycles. The fraction of sp³-hybridized carbons (Fsp3) is 0.240. The molecule has 0 radical (unpaired) electrons. The van der Waals surface area contributed by atoms with Crippen molar-refractivity contribution in [3.05, 3.63) is 66.8 Å². The number of piperazine rings is 1. The summed E-state index contributed by atoms with van der Waals surface area (Å²) in [6, 6.07) is 10.4. The van der Waals surface area contributed by atoms with E-state index in [0.29, 0.717) is 11.6 Å². The molecule has 6 rings (SSSR count). The number of aromatic nitrogens is 3. The third kappa shape index (κ3) is 3.22. The van der Waals surface area contributed by atoms with Gasteiger partial charge >= 0.3 is 0 Å². The summed E-state index contributed by atoms with van der Waals surface area (Å²) in [5, 5.41) is 1.01. The van der Waals surface area contributed by atoms with Crippen LogP contribution in [-0.2, 0) is 0 Å². The highest BCUT2D eigenvalue weighted by Gasteiger charge is 2.26. The fourth-order valence-corrected chi connectivity index (χ4v) is 4.49. The van der Waals surface area contributed by atoms with E-state index in [0.717, 1.165) is 60.8 Å². The fourth-order valence-electron chi connectivity index (χ4n) is 4.49. The van der Waals surface area contributed by atoms with Gasteiger partial charge in [0, 0.05) is 50.0 Å². The second-order valence-corrected chi connectivity index (χ2v) is 8.28. The van der Waals surface area contributed by atoms with E-state index in [-0.39, 0.29) is 0 Å². The molecule has 0 spiro atoms. The number of likely N-dealkylation sites (N-methyl/N-ethyl adjacent to an activating group) is 1. The minimum absolute atomic E-state index is 0.584. The summed E-state index contributed by atoms with van der Waals surface area (Å²) in [4.78, 5) is 20.6. The van der Waals surface area contributed by atoms with Crippen molar-refractivity contribution in [3.8, 4) is 11.6 Å². The second-order valence-electron chi connectivity index (χ2n) is 8.28. The molecule has 7 heteroatoms. The van der Waals surface area contributed by atoms with Crippen LogP contribution in [-0.4, -0.2) is 59.6 Å². The minimum Gasteiger partial charge on any atom is -0.449 e. The van der Waals surface area contributed by atoms with E-state index in [1.807, 2.05) is 18.5 Å². The van der Waals surface area contributed by atoms with E-state index in [2.05, 4.69) is 63.1 Å². The zero-order valence-electron chi connectivity index (χ0n) is 18.0. The minimum atomic E-state index is 0.584. The smallest absolute Gasteiger partial charge is 0.198 e. The van der Waals surface area contributed by atoms with Crippen LogP contribution < -0.4 is 9.80 Å². The van der Waals surface area contributed by atoms with Crippen molar-refractivity contribution >= 4 is 34.1 Å². The van der Waals surface area contributed by atoms with Gasteiger partial charge in [-0.3, -0.25) is 4.98 Å². The lowest BCUT2D eigenvalue weighted by atomic mass is 10.1. The molecule has 0 bridgehead atoms. The van der Waals surface area contributed by atoms with Crippen molar-refractivity contribution in [2.75, 3.05) is 49.6 Å². The lowest BCUT2D eigenvalue weighted by Gasteiger charge is -2.33. The molecule has 0 N–H and O–H groups in total. The van der Waals surface area contributed by atoms with Crippen LogP contribution >= 0.6 is 0 Å². The molecule has 2 aliphatic heterocycles. The molecule has 160 valence electrons. The Morgan fingerprint density at radius 1 is 0.938 bits per heavy atom. The molecule has 1 fully saturated rings. The Bertz CT molecular complexity index is 1290. The van der Waals surface area contributed by atoms with Crippen molar-refractivity contribution in [1.29, 1.82) is 0 Å². The normalized spacial score (nSPS) is 16.5. The Kier molecular flexibility index (Phi) is 4.61. The standard InChI is InChI=1S/C25H24N6O/c1-29-11-13-30(14-12-29)19-15-27-25(28-16-19)24-23(20-8-9-26-17-22(20)32-24)31-10-4-6-18-5-2-3-7-21(18)31/h2-9,15-17H,10-14H2,1H3. The molecule has 0 saturated carbocycles. The second kappa shape index (κ2) is 7.76. The van der Waals surface area contributed by atoms with Crippen LogP contribution in [0, 0.1) is 0 Å².